The fourth-order valence-corrected chi connectivity index (χ4v) is 2.14. The van der Waals surface area contributed by atoms with Crippen molar-refractivity contribution in [3.05, 3.63) is 30.3 Å². The number of nitrogens with one attached hydrogen (secondary N) is 3. The van der Waals surface area contributed by atoms with E-state index in [-0.39, 0.29) is 0 Å². The summed E-state index contributed by atoms with van der Waals surface area (Å²) < 4.78 is 29.8. The Kier molecular flexibility index (Phi) is 8.31. The van der Waals surface area contributed by atoms with Crippen molar-refractivity contribution in [1.29, 1.82) is 0 Å². The van der Waals surface area contributed by atoms with Crippen molar-refractivity contribution in [3.63, 3.8) is 0 Å². The number of sulfonamides is 1. The number of benzene rings is 1. The number of hydrogen-bond donors (Lipinski definition) is 3. The molecule has 0 aliphatic rings. The maximum absolute atomic E-state index is 10.9. The van der Waals surface area contributed by atoms with Crippen LogP contribution < -0.4 is 20.1 Å². The summed E-state index contributed by atoms with van der Waals surface area (Å²) in [5.41, 5.74) is 0. The summed E-state index contributed by atoms with van der Waals surface area (Å²) in [7, 11) is -1.43. The highest BCUT2D eigenvalue weighted by atomic mass is 32.2. The van der Waals surface area contributed by atoms with E-state index in [2.05, 4.69) is 20.3 Å². The summed E-state index contributed by atoms with van der Waals surface area (Å²) >= 11 is 0. The van der Waals surface area contributed by atoms with Crippen LogP contribution in [0.15, 0.2) is 35.3 Å². The van der Waals surface area contributed by atoms with Crippen LogP contribution in [-0.2, 0) is 10.0 Å². The molecule has 7 nitrogen and oxygen atoms in total. The quantitative estimate of drug-likeness (QED) is 0.341. The van der Waals surface area contributed by atoms with Gasteiger partial charge in [0.05, 0.1) is 12.8 Å². The van der Waals surface area contributed by atoms with Crippen LogP contribution >= 0.6 is 0 Å². The number of guanidine groups is 1. The molecule has 0 fully saturated rings. The summed E-state index contributed by atoms with van der Waals surface area (Å²) in [5, 5.41) is 6.22. The van der Waals surface area contributed by atoms with Crippen molar-refractivity contribution < 1.29 is 13.2 Å². The average Bonchev–Trinajstić information content (AvgIpc) is 2.49. The van der Waals surface area contributed by atoms with Crippen LogP contribution in [-0.4, -0.2) is 53.9 Å². The van der Waals surface area contributed by atoms with Crippen molar-refractivity contribution in [1.82, 2.24) is 15.4 Å². The topological polar surface area (TPSA) is 91.8 Å². The van der Waals surface area contributed by atoms with Gasteiger partial charge in [-0.3, -0.25) is 4.99 Å². The first-order valence-corrected chi connectivity index (χ1v) is 8.97. The van der Waals surface area contributed by atoms with Gasteiger partial charge in [0.1, 0.15) is 12.4 Å². The standard InChI is InChI=1S/C14H24N4O3S/c1-15-14(16-9-6-10-18-22(2,19)20)17-11-12-21-13-7-4-3-5-8-13/h3-5,7-8,18H,6,9-12H2,1-2H3,(H2,15,16,17). The Morgan fingerprint density at radius 2 is 1.82 bits per heavy atom. The molecule has 3 N–H and O–H groups in total. The lowest BCUT2D eigenvalue weighted by molar-refractivity contribution is 0.322. The zero-order valence-electron chi connectivity index (χ0n) is 13.0. The smallest absolute Gasteiger partial charge is 0.208 e. The summed E-state index contributed by atoms with van der Waals surface area (Å²) in [6, 6.07) is 9.60. The lowest BCUT2D eigenvalue weighted by Crippen LogP contribution is -2.40. The lowest BCUT2D eigenvalue weighted by atomic mass is 10.3. The minimum atomic E-state index is -3.11. The molecule has 1 rings (SSSR count). The van der Waals surface area contributed by atoms with Gasteiger partial charge in [-0.05, 0) is 18.6 Å². The van der Waals surface area contributed by atoms with Crippen LogP contribution in [0.3, 0.4) is 0 Å². The molecule has 22 heavy (non-hydrogen) atoms. The summed E-state index contributed by atoms with van der Waals surface area (Å²) in [5.74, 6) is 1.50. The van der Waals surface area contributed by atoms with Gasteiger partial charge in [-0.25, -0.2) is 13.1 Å². The van der Waals surface area contributed by atoms with Gasteiger partial charge in [0.25, 0.3) is 0 Å². The highest BCUT2D eigenvalue weighted by molar-refractivity contribution is 7.88. The maximum Gasteiger partial charge on any atom is 0.208 e. The van der Waals surface area contributed by atoms with Gasteiger partial charge in [0, 0.05) is 20.1 Å². The molecule has 1 aromatic carbocycles. The monoisotopic (exact) mass is 328 g/mol. The molecule has 0 amide bonds. The Balaban J connectivity index is 2.10. The number of ether oxygens (including phenoxy) is 1. The van der Waals surface area contributed by atoms with Gasteiger partial charge in [-0.1, -0.05) is 18.2 Å². The van der Waals surface area contributed by atoms with E-state index >= 15 is 0 Å². The summed E-state index contributed by atoms with van der Waals surface area (Å²) in [6.45, 7) is 2.18. The van der Waals surface area contributed by atoms with Crippen molar-refractivity contribution in [2.45, 2.75) is 6.42 Å². The van der Waals surface area contributed by atoms with Gasteiger partial charge in [0.2, 0.25) is 10.0 Å². The van der Waals surface area contributed by atoms with Gasteiger partial charge in [-0.2, -0.15) is 0 Å². The van der Waals surface area contributed by atoms with Crippen LogP contribution in [0.5, 0.6) is 5.75 Å². The first kappa shape index (κ1) is 18.2. The highest BCUT2D eigenvalue weighted by Gasteiger charge is 2.00. The van der Waals surface area contributed by atoms with Gasteiger partial charge in [-0.15, -0.1) is 0 Å². The third-order valence-corrected chi connectivity index (χ3v) is 3.37. The van der Waals surface area contributed by atoms with E-state index in [1.165, 1.54) is 0 Å². The van der Waals surface area contributed by atoms with Crippen molar-refractivity contribution >= 4 is 16.0 Å². The molecule has 8 heteroatoms. The molecule has 0 atom stereocenters. The van der Waals surface area contributed by atoms with E-state index in [1.807, 2.05) is 30.3 Å². The minimum Gasteiger partial charge on any atom is -0.492 e. The van der Waals surface area contributed by atoms with Crippen LogP contribution in [0.1, 0.15) is 6.42 Å². The second-order valence-corrected chi connectivity index (χ2v) is 6.44. The molecular formula is C14H24N4O3S. The average molecular weight is 328 g/mol. The molecule has 0 aliphatic heterocycles. The first-order chi connectivity index (χ1) is 10.5. The van der Waals surface area contributed by atoms with Crippen molar-refractivity contribution in [3.8, 4) is 5.75 Å². The Labute approximate surface area is 132 Å². The number of para-hydroxylation sites is 1. The predicted octanol–water partition coefficient (Wildman–Crippen LogP) is 0.170. The maximum atomic E-state index is 10.9. The number of nitrogens with zero attached hydrogens (tertiary/aromatic N) is 1. The third-order valence-electron chi connectivity index (χ3n) is 2.64. The Morgan fingerprint density at radius 1 is 1.14 bits per heavy atom. The van der Waals surface area contributed by atoms with E-state index < -0.39 is 10.0 Å². The largest absolute Gasteiger partial charge is 0.492 e. The Bertz CT molecular complexity index is 546. The molecule has 0 bridgehead atoms. The van der Waals surface area contributed by atoms with Crippen LogP contribution in [0.25, 0.3) is 0 Å². The zero-order chi connectivity index (χ0) is 16.3. The van der Waals surface area contributed by atoms with Crippen LogP contribution in [0, 0.1) is 0 Å². The zero-order valence-corrected chi connectivity index (χ0v) is 13.8. The Morgan fingerprint density at radius 3 is 2.45 bits per heavy atom. The van der Waals surface area contributed by atoms with Crippen molar-refractivity contribution in [2.75, 3.05) is 39.5 Å². The molecular weight excluding hydrogens is 304 g/mol. The molecule has 0 radical (unpaired) electrons. The second kappa shape index (κ2) is 10.0. The molecule has 0 aromatic heterocycles. The van der Waals surface area contributed by atoms with E-state index in [0.29, 0.717) is 38.6 Å². The highest BCUT2D eigenvalue weighted by Crippen LogP contribution is 2.07. The number of hydrogen-bond acceptors (Lipinski definition) is 4. The second-order valence-electron chi connectivity index (χ2n) is 4.61. The van der Waals surface area contributed by atoms with Crippen molar-refractivity contribution in [2.24, 2.45) is 4.99 Å². The summed E-state index contributed by atoms with van der Waals surface area (Å²) in [4.78, 5) is 4.08. The van der Waals surface area contributed by atoms with E-state index in [9.17, 15) is 8.42 Å². The molecule has 0 unspecified atom stereocenters. The van der Waals surface area contributed by atoms with E-state index in [4.69, 9.17) is 4.74 Å². The van der Waals surface area contributed by atoms with E-state index in [1.54, 1.807) is 7.05 Å². The molecule has 1 aromatic rings. The molecule has 0 heterocycles. The molecule has 0 saturated carbocycles. The molecule has 0 spiro atoms. The minimum absolute atomic E-state index is 0.403. The third kappa shape index (κ3) is 9.19. The molecule has 0 saturated heterocycles. The van der Waals surface area contributed by atoms with Crippen LogP contribution in [0.2, 0.25) is 0 Å². The normalized spacial score (nSPS) is 12.0. The number of rotatable bonds is 9. The van der Waals surface area contributed by atoms with Crippen LogP contribution in [0.4, 0.5) is 0 Å². The SMILES string of the molecule is CN=C(NCCCNS(C)(=O)=O)NCCOc1ccccc1. The fourth-order valence-electron chi connectivity index (χ4n) is 1.63. The van der Waals surface area contributed by atoms with Gasteiger partial charge >= 0.3 is 0 Å². The molecule has 0 aliphatic carbocycles. The van der Waals surface area contributed by atoms with E-state index in [0.717, 1.165) is 12.0 Å². The molecule has 124 valence electrons. The first-order valence-electron chi connectivity index (χ1n) is 7.08. The van der Waals surface area contributed by atoms with Gasteiger partial charge in [0.15, 0.2) is 5.96 Å². The fraction of sp³-hybridized carbons (Fsp3) is 0.500. The van der Waals surface area contributed by atoms with Gasteiger partial charge < -0.3 is 15.4 Å². The predicted molar refractivity (Wildman–Crippen MR) is 88.8 cm³/mol. The Hall–Kier alpha value is -1.80. The summed E-state index contributed by atoms with van der Waals surface area (Å²) in [6.07, 6.45) is 1.82. The number of aliphatic imine (C=N–C) groups is 1. The lowest BCUT2D eigenvalue weighted by Gasteiger charge is -2.12.